The van der Waals surface area contributed by atoms with E-state index in [0.29, 0.717) is 0 Å². The smallest absolute Gasteiger partial charge is 0.260 e. The van der Waals surface area contributed by atoms with Crippen LogP contribution < -0.4 is 4.74 Å². The number of likely N-dealkylation sites (N-methyl/N-ethyl adjacent to an activating group) is 1. The highest BCUT2D eigenvalue weighted by Crippen LogP contribution is 2.25. The molecule has 0 spiro atoms. The van der Waals surface area contributed by atoms with Gasteiger partial charge in [0.05, 0.1) is 0 Å². The lowest BCUT2D eigenvalue weighted by molar-refractivity contribution is -0.135. The third kappa shape index (κ3) is 4.47. The SMILES string of the molecule is CCN1CCN(C(=O)COc2cccc(C(C)(C)C)c2)CC1. The lowest BCUT2D eigenvalue weighted by Gasteiger charge is -2.34. The molecule has 0 N–H and O–H groups in total. The summed E-state index contributed by atoms with van der Waals surface area (Å²) < 4.78 is 5.71. The number of amides is 1. The van der Waals surface area contributed by atoms with Gasteiger partial charge in [0.15, 0.2) is 6.61 Å². The molecule has 1 aromatic rings. The molecular weight excluding hydrogens is 276 g/mol. The Hall–Kier alpha value is -1.55. The molecule has 22 heavy (non-hydrogen) atoms. The van der Waals surface area contributed by atoms with E-state index >= 15 is 0 Å². The van der Waals surface area contributed by atoms with E-state index in [1.54, 1.807) is 0 Å². The number of rotatable bonds is 4. The van der Waals surface area contributed by atoms with Crippen LogP contribution in [0.2, 0.25) is 0 Å². The third-order valence-corrected chi connectivity index (χ3v) is 4.23. The Balaban J connectivity index is 1.86. The van der Waals surface area contributed by atoms with E-state index in [1.807, 2.05) is 23.1 Å². The Bertz CT molecular complexity index is 500. The van der Waals surface area contributed by atoms with Crippen molar-refractivity contribution >= 4 is 5.91 Å². The molecule has 1 aliphatic rings. The average Bonchev–Trinajstić information content (AvgIpc) is 2.52. The number of ether oxygens (including phenoxy) is 1. The Morgan fingerprint density at radius 1 is 1.18 bits per heavy atom. The highest BCUT2D eigenvalue weighted by atomic mass is 16.5. The normalized spacial score (nSPS) is 16.6. The van der Waals surface area contributed by atoms with Gasteiger partial charge in [0, 0.05) is 26.2 Å². The maximum atomic E-state index is 12.2. The van der Waals surface area contributed by atoms with Crippen molar-refractivity contribution in [1.29, 1.82) is 0 Å². The molecule has 1 aliphatic heterocycles. The van der Waals surface area contributed by atoms with E-state index < -0.39 is 0 Å². The maximum absolute atomic E-state index is 12.2. The molecule has 0 aromatic heterocycles. The summed E-state index contributed by atoms with van der Waals surface area (Å²) in [5.74, 6) is 0.852. The number of carbonyl (C=O) groups excluding carboxylic acids is 1. The first kappa shape index (κ1) is 16.8. The van der Waals surface area contributed by atoms with E-state index in [4.69, 9.17) is 4.74 Å². The van der Waals surface area contributed by atoms with Gasteiger partial charge in [-0.1, -0.05) is 39.8 Å². The zero-order valence-electron chi connectivity index (χ0n) is 14.3. The van der Waals surface area contributed by atoms with E-state index in [9.17, 15) is 4.79 Å². The summed E-state index contributed by atoms with van der Waals surface area (Å²) >= 11 is 0. The third-order valence-electron chi connectivity index (χ3n) is 4.23. The molecule has 1 aromatic carbocycles. The number of benzene rings is 1. The van der Waals surface area contributed by atoms with Crippen LogP contribution in [0.5, 0.6) is 5.75 Å². The minimum absolute atomic E-state index is 0.0805. The van der Waals surface area contributed by atoms with Crippen LogP contribution in [0.3, 0.4) is 0 Å². The predicted octanol–water partition coefficient (Wildman–Crippen LogP) is 2.53. The number of nitrogens with zero attached hydrogens (tertiary/aromatic N) is 2. The average molecular weight is 304 g/mol. The molecule has 0 radical (unpaired) electrons. The van der Waals surface area contributed by atoms with Crippen LogP contribution in [0.1, 0.15) is 33.3 Å². The molecule has 4 nitrogen and oxygen atoms in total. The van der Waals surface area contributed by atoms with Crippen molar-refractivity contribution in [3.63, 3.8) is 0 Å². The van der Waals surface area contributed by atoms with Gasteiger partial charge in [-0.15, -0.1) is 0 Å². The summed E-state index contributed by atoms with van der Waals surface area (Å²) in [6, 6.07) is 8.03. The molecule has 4 heteroatoms. The van der Waals surface area contributed by atoms with Crippen LogP contribution in [0.4, 0.5) is 0 Å². The lowest BCUT2D eigenvalue weighted by atomic mass is 9.87. The number of carbonyl (C=O) groups is 1. The predicted molar refractivity (Wildman–Crippen MR) is 89.3 cm³/mol. The Morgan fingerprint density at radius 3 is 2.45 bits per heavy atom. The molecule has 1 fully saturated rings. The second kappa shape index (κ2) is 7.14. The Kier molecular flexibility index (Phi) is 5.46. The van der Waals surface area contributed by atoms with Gasteiger partial charge in [-0.2, -0.15) is 0 Å². The van der Waals surface area contributed by atoms with Crippen molar-refractivity contribution < 1.29 is 9.53 Å². The van der Waals surface area contributed by atoms with E-state index in [1.165, 1.54) is 5.56 Å². The van der Waals surface area contributed by atoms with E-state index in [0.717, 1.165) is 38.5 Å². The molecule has 0 unspecified atom stereocenters. The van der Waals surface area contributed by atoms with Crippen molar-refractivity contribution in [2.24, 2.45) is 0 Å². The Labute approximate surface area is 134 Å². The van der Waals surface area contributed by atoms with Gasteiger partial charge in [-0.3, -0.25) is 4.79 Å². The monoisotopic (exact) mass is 304 g/mol. The first-order chi connectivity index (χ1) is 10.4. The molecular formula is C18H28N2O2. The van der Waals surface area contributed by atoms with Crippen molar-refractivity contribution in [2.75, 3.05) is 39.3 Å². The van der Waals surface area contributed by atoms with Crippen LogP contribution in [-0.4, -0.2) is 55.0 Å². The minimum Gasteiger partial charge on any atom is -0.484 e. The number of piperazine rings is 1. The molecule has 2 rings (SSSR count). The molecule has 0 saturated carbocycles. The minimum atomic E-state index is 0.0805. The molecule has 1 saturated heterocycles. The zero-order valence-corrected chi connectivity index (χ0v) is 14.3. The molecule has 0 aliphatic carbocycles. The van der Waals surface area contributed by atoms with Gasteiger partial charge in [-0.25, -0.2) is 0 Å². The fourth-order valence-corrected chi connectivity index (χ4v) is 2.60. The first-order valence-corrected chi connectivity index (χ1v) is 8.13. The fourth-order valence-electron chi connectivity index (χ4n) is 2.60. The van der Waals surface area contributed by atoms with Crippen molar-refractivity contribution in [3.8, 4) is 5.75 Å². The first-order valence-electron chi connectivity index (χ1n) is 8.13. The molecule has 122 valence electrons. The highest BCUT2D eigenvalue weighted by molar-refractivity contribution is 5.77. The van der Waals surface area contributed by atoms with Crippen molar-refractivity contribution in [2.45, 2.75) is 33.1 Å². The number of hydrogen-bond donors (Lipinski definition) is 0. The van der Waals surface area contributed by atoms with Gasteiger partial charge in [0.1, 0.15) is 5.75 Å². The van der Waals surface area contributed by atoms with E-state index in [2.05, 4.69) is 38.7 Å². The van der Waals surface area contributed by atoms with Gasteiger partial charge < -0.3 is 14.5 Å². The summed E-state index contributed by atoms with van der Waals surface area (Å²) in [5, 5.41) is 0. The van der Waals surface area contributed by atoms with Crippen LogP contribution >= 0.6 is 0 Å². The topological polar surface area (TPSA) is 32.8 Å². The Morgan fingerprint density at radius 2 is 1.86 bits per heavy atom. The summed E-state index contributed by atoms with van der Waals surface area (Å²) in [5.41, 5.74) is 1.30. The van der Waals surface area contributed by atoms with Gasteiger partial charge in [0.25, 0.3) is 5.91 Å². The summed E-state index contributed by atoms with van der Waals surface area (Å²) in [6.45, 7) is 13.4. The fraction of sp³-hybridized carbons (Fsp3) is 0.611. The largest absolute Gasteiger partial charge is 0.484 e. The molecule has 0 bridgehead atoms. The van der Waals surface area contributed by atoms with Crippen molar-refractivity contribution in [1.82, 2.24) is 9.80 Å². The van der Waals surface area contributed by atoms with Gasteiger partial charge >= 0.3 is 0 Å². The zero-order chi connectivity index (χ0) is 16.2. The second-order valence-corrected chi connectivity index (χ2v) is 6.88. The van der Waals surface area contributed by atoms with Crippen molar-refractivity contribution in [3.05, 3.63) is 29.8 Å². The van der Waals surface area contributed by atoms with Crippen LogP contribution in [-0.2, 0) is 10.2 Å². The molecule has 1 heterocycles. The maximum Gasteiger partial charge on any atom is 0.260 e. The lowest BCUT2D eigenvalue weighted by Crippen LogP contribution is -2.49. The highest BCUT2D eigenvalue weighted by Gasteiger charge is 2.20. The number of hydrogen-bond acceptors (Lipinski definition) is 3. The second-order valence-electron chi connectivity index (χ2n) is 6.88. The molecule has 1 amide bonds. The standard InChI is InChI=1S/C18H28N2O2/c1-5-19-9-11-20(12-10-19)17(21)14-22-16-8-6-7-15(13-16)18(2,3)4/h6-8,13H,5,9-12,14H2,1-4H3. The summed E-state index contributed by atoms with van der Waals surface area (Å²) in [7, 11) is 0. The van der Waals surface area contributed by atoms with Gasteiger partial charge in [-0.05, 0) is 29.7 Å². The van der Waals surface area contributed by atoms with E-state index in [-0.39, 0.29) is 17.9 Å². The molecule has 0 atom stereocenters. The quantitative estimate of drug-likeness (QED) is 0.857. The van der Waals surface area contributed by atoms with Crippen LogP contribution in [0.25, 0.3) is 0 Å². The van der Waals surface area contributed by atoms with Crippen LogP contribution in [0, 0.1) is 0 Å². The van der Waals surface area contributed by atoms with Gasteiger partial charge in [0.2, 0.25) is 0 Å². The van der Waals surface area contributed by atoms with Crippen LogP contribution in [0.15, 0.2) is 24.3 Å². The summed E-state index contributed by atoms with van der Waals surface area (Å²) in [6.07, 6.45) is 0. The summed E-state index contributed by atoms with van der Waals surface area (Å²) in [4.78, 5) is 16.5.